The Morgan fingerprint density at radius 3 is 2.77 bits per heavy atom. The van der Waals surface area contributed by atoms with Crippen molar-refractivity contribution in [2.75, 3.05) is 18.9 Å². The molecule has 0 radical (unpaired) electrons. The molecule has 8 heteroatoms. The summed E-state index contributed by atoms with van der Waals surface area (Å²) in [4.78, 5) is 34.7. The molecule has 0 saturated heterocycles. The molecule has 6 nitrogen and oxygen atoms in total. The van der Waals surface area contributed by atoms with Gasteiger partial charge in [-0.2, -0.15) is 0 Å². The minimum absolute atomic E-state index is 0.0674. The van der Waals surface area contributed by atoms with Crippen LogP contribution in [0.3, 0.4) is 0 Å². The number of hydrogen-bond acceptors (Lipinski definition) is 5. The maximum Gasteiger partial charge on any atom is 0.260 e. The maximum atomic E-state index is 13.2. The van der Waals surface area contributed by atoms with Crippen LogP contribution in [0.1, 0.15) is 5.82 Å². The Labute approximate surface area is 176 Å². The van der Waals surface area contributed by atoms with E-state index in [2.05, 4.69) is 15.3 Å². The number of benzene rings is 2. The Bertz CT molecular complexity index is 1250. The second-order valence-corrected chi connectivity index (χ2v) is 7.80. The van der Waals surface area contributed by atoms with E-state index in [1.807, 2.05) is 35.7 Å². The lowest BCUT2D eigenvalue weighted by molar-refractivity contribution is -0.117. The summed E-state index contributed by atoms with van der Waals surface area (Å²) in [5.74, 6) is -0.217. The van der Waals surface area contributed by atoms with Gasteiger partial charge in [-0.05, 0) is 30.8 Å². The summed E-state index contributed by atoms with van der Waals surface area (Å²) in [7, 11) is 1.75. The minimum Gasteiger partial charge on any atom is -0.325 e. The van der Waals surface area contributed by atoms with Crippen molar-refractivity contribution in [3.05, 3.63) is 82.0 Å². The van der Waals surface area contributed by atoms with Crippen molar-refractivity contribution in [3.8, 4) is 11.1 Å². The second kappa shape index (κ2) is 8.56. The average Bonchev–Trinajstić information content (AvgIpc) is 3.13. The van der Waals surface area contributed by atoms with Gasteiger partial charge in [-0.15, -0.1) is 11.3 Å². The molecule has 2 aromatic heterocycles. The third-order valence-electron chi connectivity index (χ3n) is 4.52. The first-order chi connectivity index (χ1) is 14.5. The summed E-state index contributed by atoms with van der Waals surface area (Å²) in [6.07, 6.45) is 0. The predicted molar refractivity (Wildman–Crippen MR) is 117 cm³/mol. The summed E-state index contributed by atoms with van der Waals surface area (Å²) in [6, 6.07) is 15.4. The molecule has 2 aromatic carbocycles. The van der Waals surface area contributed by atoms with Crippen LogP contribution >= 0.6 is 11.3 Å². The molecule has 0 saturated carbocycles. The number of halogens is 1. The number of carbonyl (C=O) groups is 1. The van der Waals surface area contributed by atoms with Crippen molar-refractivity contribution in [1.82, 2.24) is 14.9 Å². The Hall–Kier alpha value is -3.36. The fraction of sp³-hybridized carbons (Fsp3) is 0.136. The van der Waals surface area contributed by atoms with Gasteiger partial charge in [-0.3, -0.25) is 14.5 Å². The van der Waals surface area contributed by atoms with Gasteiger partial charge in [0.15, 0.2) is 0 Å². The summed E-state index contributed by atoms with van der Waals surface area (Å²) >= 11 is 1.42. The van der Waals surface area contributed by atoms with Crippen LogP contribution in [0, 0.1) is 5.82 Å². The zero-order chi connectivity index (χ0) is 21.1. The Morgan fingerprint density at radius 2 is 2.00 bits per heavy atom. The van der Waals surface area contributed by atoms with Gasteiger partial charge < -0.3 is 10.3 Å². The van der Waals surface area contributed by atoms with Gasteiger partial charge in [-0.1, -0.05) is 36.4 Å². The van der Waals surface area contributed by atoms with E-state index < -0.39 is 5.82 Å². The molecule has 0 aliphatic heterocycles. The monoisotopic (exact) mass is 422 g/mol. The molecule has 0 fully saturated rings. The number of H-pyrrole nitrogens is 1. The first-order valence-corrected chi connectivity index (χ1v) is 10.2. The van der Waals surface area contributed by atoms with E-state index in [9.17, 15) is 14.0 Å². The molecular formula is C22H19FN4O2S. The molecule has 152 valence electrons. The van der Waals surface area contributed by atoms with Crippen LogP contribution in [0.4, 0.5) is 10.1 Å². The molecule has 0 aliphatic carbocycles. The summed E-state index contributed by atoms with van der Waals surface area (Å²) in [6.45, 7) is 0.359. The number of nitrogens with one attached hydrogen (secondary N) is 2. The molecule has 0 aliphatic rings. The normalized spacial score (nSPS) is 11.2. The zero-order valence-electron chi connectivity index (χ0n) is 16.2. The van der Waals surface area contributed by atoms with Crippen molar-refractivity contribution in [3.63, 3.8) is 0 Å². The van der Waals surface area contributed by atoms with E-state index in [0.29, 0.717) is 28.3 Å². The first kappa shape index (κ1) is 19.9. The van der Waals surface area contributed by atoms with Gasteiger partial charge >= 0.3 is 0 Å². The van der Waals surface area contributed by atoms with Gasteiger partial charge in [0.1, 0.15) is 16.5 Å². The third kappa shape index (κ3) is 4.45. The lowest BCUT2D eigenvalue weighted by atomic mass is 10.1. The van der Waals surface area contributed by atoms with Gasteiger partial charge in [0.2, 0.25) is 5.91 Å². The number of fused-ring (bicyclic) bond motifs is 1. The summed E-state index contributed by atoms with van der Waals surface area (Å²) < 4.78 is 13.2. The zero-order valence-corrected chi connectivity index (χ0v) is 17.0. The fourth-order valence-corrected chi connectivity index (χ4v) is 4.19. The van der Waals surface area contributed by atoms with Crippen molar-refractivity contribution in [1.29, 1.82) is 0 Å². The predicted octanol–water partition coefficient (Wildman–Crippen LogP) is 3.86. The van der Waals surface area contributed by atoms with Crippen LogP contribution in [-0.4, -0.2) is 34.4 Å². The van der Waals surface area contributed by atoms with Crippen LogP contribution in [0.5, 0.6) is 0 Å². The number of rotatable bonds is 6. The van der Waals surface area contributed by atoms with Gasteiger partial charge in [-0.25, -0.2) is 9.37 Å². The molecule has 4 aromatic rings. The molecule has 1 amide bonds. The molecular weight excluding hydrogens is 403 g/mol. The van der Waals surface area contributed by atoms with E-state index in [1.54, 1.807) is 18.0 Å². The quantitative estimate of drug-likeness (QED) is 0.495. The van der Waals surface area contributed by atoms with Crippen molar-refractivity contribution in [2.45, 2.75) is 6.54 Å². The Kier molecular flexibility index (Phi) is 5.69. The van der Waals surface area contributed by atoms with E-state index >= 15 is 0 Å². The van der Waals surface area contributed by atoms with Gasteiger partial charge in [0.05, 0.1) is 18.5 Å². The van der Waals surface area contributed by atoms with E-state index in [1.165, 1.54) is 29.5 Å². The molecule has 0 bridgehead atoms. The lowest BCUT2D eigenvalue weighted by Gasteiger charge is -2.15. The largest absolute Gasteiger partial charge is 0.325 e. The average molecular weight is 422 g/mol. The third-order valence-corrected chi connectivity index (χ3v) is 5.39. The van der Waals surface area contributed by atoms with Crippen LogP contribution in [-0.2, 0) is 11.3 Å². The number of likely N-dealkylation sites (N-methyl/N-ethyl adjacent to an activating group) is 1. The van der Waals surface area contributed by atoms with Crippen molar-refractivity contribution >= 4 is 33.1 Å². The van der Waals surface area contributed by atoms with Crippen LogP contribution in [0.15, 0.2) is 64.8 Å². The lowest BCUT2D eigenvalue weighted by Crippen LogP contribution is -2.31. The van der Waals surface area contributed by atoms with E-state index in [0.717, 1.165) is 11.1 Å². The van der Waals surface area contributed by atoms with Crippen LogP contribution in [0.25, 0.3) is 21.3 Å². The molecule has 30 heavy (non-hydrogen) atoms. The topological polar surface area (TPSA) is 78.1 Å². The first-order valence-electron chi connectivity index (χ1n) is 9.29. The highest BCUT2D eigenvalue weighted by Crippen LogP contribution is 2.30. The fourth-order valence-electron chi connectivity index (χ4n) is 3.22. The summed E-state index contributed by atoms with van der Waals surface area (Å²) in [5.41, 5.74) is 2.02. The number of aromatic amines is 1. The number of amides is 1. The summed E-state index contributed by atoms with van der Waals surface area (Å²) in [5, 5.41) is 5.15. The molecule has 0 spiro atoms. The second-order valence-electron chi connectivity index (χ2n) is 6.94. The molecule has 0 unspecified atom stereocenters. The molecule has 4 rings (SSSR count). The number of hydrogen-bond donors (Lipinski definition) is 2. The minimum atomic E-state index is -0.415. The Morgan fingerprint density at radius 1 is 1.20 bits per heavy atom. The van der Waals surface area contributed by atoms with Crippen LogP contribution in [0.2, 0.25) is 0 Å². The Balaban J connectivity index is 1.47. The standard InChI is InChI=1S/C22H19FN4O2S/c1-27(12-19(28)24-16-9-5-8-15(23)10-16)11-18-25-21(29)20-17(13-30-22(20)26-18)14-6-3-2-4-7-14/h2-10,13H,11-12H2,1H3,(H,24,28)(H,25,26,29). The smallest absolute Gasteiger partial charge is 0.260 e. The number of nitrogens with zero attached hydrogens (tertiary/aromatic N) is 2. The number of carbonyl (C=O) groups excluding carboxylic acids is 1. The van der Waals surface area contributed by atoms with E-state index in [-0.39, 0.29) is 18.0 Å². The van der Waals surface area contributed by atoms with Crippen molar-refractivity contribution < 1.29 is 9.18 Å². The van der Waals surface area contributed by atoms with Gasteiger partial charge in [0, 0.05) is 16.6 Å². The highest BCUT2D eigenvalue weighted by molar-refractivity contribution is 7.17. The maximum absolute atomic E-state index is 13.2. The number of anilines is 1. The molecule has 2 N–H and O–H groups in total. The van der Waals surface area contributed by atoms with Crippen LogP contribution < -0.4 is 10.9 Å². The highest BCUT2D eigenvalue weighted by atomic mass is 32.1. The number of thiophene rings is 1. The van der Waals surface area contributed by atoms with Gasteiger partial charge in [0.25, 0.3) is 5.56 Å². The van der Waals surface area contributed by atoms with Crippen molar-refractivity contribution in [2.24, 2.45) is 0 Å². The number of aromatic nitrogens is 2. The molecule has 0 atom stereocenters. The molecule has 2 heterocycles. The van der Waals surface area contributed by atoms with E-state index in [4.69, 9.17) is 0 Å². The highest BCUT2D eigenvalue weighted by Gasteiger charge is 2.14. The SMILES string of the molecule is CN(CC(=O)Nc1cccc(F)c1)Cc1nc2scc(-c3ccccc3)c2c(=O)[nH]1.